The molecule has 0 aliphatic carbocycles. The molecular formula is C18H17ClN2O2. The van der Waals surface area contributed by atoms with Crippen LogP contribution in [-0.4, -0.2) is 18.4 Å². The molecule has 1 saturated heterocycles. The summed E-state index contributed by atoms with van der Waals surface area (Å²) in [6.45, 7) is 2.29. The van der Waals surface area contributed by atoms with E-state index in [9.17, 15) is 9.59 Å². The van der Waals surface area contributed by atoms with Crippen molar-refractivity contribution in [2.45, 2.75) is 13.3 Å². The van der Waals surface area contributed by atoms with Crippen LogP contribution in [0.1, 0.15) is 12.0 Å². The van der Waals surface area contributed by atoms with Crippen molar-refractivity contribution in [1.82, 2.24) is 0 Å². The molecule has 2 aromatic rings. The number of carbonyl (C=O) groups excluding carboxylic acids is 2. The van der Waals surface area contributed by atoms with E-state index < -0.39 is 0 Å². The van der Waals surface area contributed by atoms with E-state index in [0.717, 1.165) is 16.9 Å². The lowest BCUT2D eigenvalue weighted by Crippen LogP contribution is -2.28. The molecule has 0 aromatic heterocycles. The molecule has 0 spiro atoms. The normalized spacial score (nSPS) is 17.4. The molecular weight excluding hydrogens is 312 g/mol. The number of aryl methyl sites for hydroxylation is 1. The summed E-state index contributed by atoms with van der Waals surface area (Å²) in [4.78, 5) is 26.3. The maximum absolute atomic E-state index is 12.5. The van der Waals surface area contributed by atoms with Gasteiger partial charge in [-0.1, -0.05) is 29.8 Å². The second-order valence-corrected chi connectivity index (χ2v) is 6.13. The van der Waals surface area contributed by atoms with E-state index in [1.54, 1.807) is 23.1 Å². The van der Waals surface area contributed by atoms with Gasteiger partial charge in [0.05, 0.1) is 5.92 Å². The van der Waals surface area contributed by atoms with Crippen molar-refractivity contribution in [3.63, 3.8) is 0 Å². The van der Waals surface area contributed by atoms with E-state index in [-0.39, 0.29) is 24.2 Å². The maximum Gasteiger partial charge on any atom is 0.229 e. The molecule has 2 aromatic carbocycles. The standard InChI is InChI=1S/C18H17ClN2O2/c1-12-9-14(19)7-8-16(12)20-18(23)13-10-17(22)21(11-13)15-5-3-2-4-6-15/h2-9,13H,10-11H2,1H3,(H,20,23). The molecule has 0 bridgehead atoms. The van der Waals surface area contributed by atoms with Crippen LogP contribution in [0.5, 0.6) is 0 Å². The molecule has 1 fully saturated rings. The molecule has 1 aliphatic rings. The number of para-hydroxylation sites is 1. The summed E-state index contributed by atoms with van der Waals surface area (Å²) in [6, 6.07) is 14.7. The van der Waals surface area contributed by atoms with Gasteiger partial charge in [0.1, 0.15) is 0 Å². The van der Waals surface area contributed by atoms with Crippen LogP contribution in [0.3, 0.4) is 0 Å². The van der Waals surface area contributed by atoms with Gasteiger partial charge in [-0.3, -0.25) is 9.59 Å². The summed E-state index contributed by atoms with van der Waals surface area (Å²) in [7, 11) is 0. The minimum Gasteiger partial charge on any atom is -0.326 e. The molecule has 5 heteroatoms. The van der Waals surface area contributed by atoms with Gasteiger partial charge in [-0.15, -0.1) is 0 Å². The Hall–Kier alpha value is -2.33. The third-order valence-electron chi connectivity index (χ3n) is 4.01. The van der Waals surface area contributed by atoms with Gasteiger partial charge < -0.3 is 10.2 Å². The lowest BCUT2D eigenvalue weighted by atomic mass is 10.1. The first-order valence-electron chi connectivity index (χ1n) is 7.47. The van der Waals surface area contributed by atoms with Crippen LogP contribution >= 0.6 is 11.6 Å². The summed E-state index contributed by atoms with van der Waals surface area (Å²) >= 11 is 5.92. The molecule has 23 heavy (non-hydrogen) atoms. The van der Waals surface area contributed by atoms with Crippen LogP contribution in [-0.2, 0) is 9.59 Å². The largest absolute Gasteiger partial charge is 0.326 e. The van der Waals surface area contributed by atoms with Crippen LogP contribution in [0.2, 0.25) is 5.02 Å². The zero-order chi connectivity index (χ0) is 16.4. The highest BCUT2D eigenvalue weighted by Gasteiger charge is 2.35. The van der Waals surface area contributed by atoms with Crippen LogP contribution in [0, 0.1) is 12.8 Å². The summed E-state index contributed by atoms with van der Waals surface area (Å²) < 4.78 is 0. The highest BCUT2D eigenvalue weighted by molar-refractivity contribution is 6.30. The summed E-state index contributed by atoms with van der Waals surface area (Å²) in [6.07, 6.45) is 0.230. The van der Waals surface area contributed by atoms with Crippen molar-refractivity contribution in [3.05, 3.63) is 59.1 Å². The zero-order valence-electron chi connectivity index (χ0n) is 12.8. The molecule has 1 N–H and O–H groups in total. The van der Waals surface area contributed by atoms with Gasteiger partial charge in [0.2, 0.25) is 11.8 Å². The quantitative estimate of drug-likeness (QED) is 0.935. The second kappa shape index (κ2) is 6.42. The summed E-state index contributed by atoms with van der Waals surface area (Å²) in [5.41, 5.74) is 2.45. The number of anilines is 2. The first kappa shape index (κ1) is 15.6. The number of nitrogens with one attached hydrogen (secondary N) is 1. The fourth-order valence-electron chi connectivity index (χ4n) is 2.74. The highest BCUT2D eigenvalue weighted by Crippen LogP contribution is 2.26. The molecule has 4 nitrogen and oxygen atoms in total. The van der Waals surface area contributed by atoms with Crippen LogP contribution in [0.25, 0.3) is 0 Å². The third-order valence-corrected chi connectivity index (χ3v) is 4.25. The number of hydrogen-bond donors (Lipinski definition) is 1. The highest BCUT2D eigenvalue weighted by atomic mass is 35.5. The molecule has 1 atom stereocenters. The van der Waals surface area contributed by atoms with Crippen molar-refractivity contribution >= 4 is 34.8 Å². The van der Waals surface area contributed by atoms with Crippen molar-refractivity contribution in [1.29, 1.82) is 0 Å². The van der Waals surface area contributed by atoms with E-state index in [1.807, 2.05) is 37.3 Å². The molecule has 118 valence electrons. The van der Waals surface area contributed by atoms with E-state index in [1.165, 1.54) is 0 Å². The Balaban J connectivity index is 1.71. The molecule has 3 rings (SSSR count). The third kappa shape index (κ3) is 3.37. The van der Waals surface area contributed by atoms with Gasteiger partial charge in [-0.25, -0.2) is 0 Å². The van der Waals surface area contributed by atoms with E-state index in [0.29, 0.717) is 11.6 Å². The van der Waals surface area contributed by atoms with Crippen molar-refractivity contribution in [3.8, 4) is 0 Å². The van der Waals surface area contributed by atoms with Gasteiger partial charge in [-0.05, 0) is 42.8 Å². The lowest BCUT2D eigenvalue weighted by molar-refractivity contribution is -0.122. The molecule has 2 amide bonds. The minimum absolute atomic E-state index is 0.0239. The Kier molecular flexibility index (Phi) is 4.35. The maximum atomic E-state index is 12.5. The number of halogens is 1. The molecule has 1 unspecified atom stereocenters. The SMILES string of the molecule is Cc1cc(Cl)ccc1NC(=O)C1CC(=O)N(c2ccccc2)C1. The number of nitrogens with zero attached hydrogens (tertiary/aromatic N) is 1. The van der Waals surface area contributed by atoms with Crippen LogP contribution in [0.15, 0.2) is 48.5 Å². The average Bonchev–Trinajstić information content (AvgIpc) is 2.93. The summed E-state index contributed by atoms with van der Waals surface area (Å²) in [5, 5.41) is 3.53. The Morgan fingerprint density at radius 1 is 1.22 bits per heavy atom. The van der Waals surface area contributed by atoms with Gasteiger partial charge in [-0.2, -0.15) is 0 Å². The topological polar surface area (TPSA) is 49.4 Å². The van der Waals surface area contributed by atoms with Crippen LogP contribution in [0.4, 0.5) is 11.4 Å². The van der Waals surface area contributed by atoms with E-state index >= 15 is 0 Å². The predicted molar refractivity (Wildman–Crippen MR) is 91.7 cm³/mol. The number of amides is 2. The molecule has 0 saturated carbocycles. The Labute approximate surface area is 140 Å². The Bertz CT molecular complexity index is 746. The number of carbonyl (C=O) groups is 2. The fraction of sp³-hybridized carbons (Fsp3) is 0.222. The smallest absolute Gasteiger partial charge is 0.229 e. The van der Waals surface area contributed by atoms with Gasteiger partial charge in [0.15, 0.2) is 0 Å². The van der Waals surface area contributed by atoms with Crippen LogP contribution < -0.4 is 10.2 Å². The van der Waals surface area contributed by atoms with Crippen molar-refractivity contribution in [2.75, 3.05) is 16.8 Å². The van der Waals surface area contributed by atoms with Gasteiger partial charge >= 0.3 is 0 Å². The summed E-state index contributed by atoms with van der Waals surface area (Å²) in [5.74, 6) is -0.510. The first-order chi connectivity index (χ1) is 11.0. The van der Waals surface area contributed by atoms with E-state index in [2.05, 4.69) is 5.32 Å². The zero-order valence-corrected chi connectivity index (χ0v) is 13.5. The molecule has 1 heterocycles. The minimum atomic E-state index is -0.349. The number of hydrogen-bond acceptors (Lipinski definition) is 2. The number of benzene rings is 2. The second-order valence-electron chi connectivity index (χ2n) is 5.69. The Morgan fingerprint density at radius 2 is 1.96 bits per heavy atom. The number of rotatable bonds is 3. The van der Waals surface area contributed by atoms with E-state index in [4.69, 9.17) is 11.6 Å². The molecule has 1 aliphatic heterocycles. The Morgan fingerprint density at radius 3 is 2.65 bits per heavy atom. The van der Waals surface area contributed by atoms with Crippen molar-refractivity contribution < 1.29 is 9.59 Å². The monoisotopic (exact) mass is 328 g/mol. The van der Waals surface area contributed by atoms with Crippen molar-refractivity contribution in [2.24, 2.45) is 5.92 Å². The fourth-order valence-corrected chi connectivity index (χ4v) is 2.97. The molecule has 0 radical (unpaired) electrons. The first-order valence-corrected chi connectivity index (χ1v) is 7.85. The van der Waals surface area contributed by atoms with Gasteiger partial charge in [0.25, 0.3) is 0 Å². The lowest BCUT2D eigenvalue weighted by Gasteiger charge is -2.17. The predicted octanol–water partition coefficient (Wildman–Crippen LogP) is 3.64. The van der Waals surface area contributed by atoms with Gasteiger partial charge in [0, 0.05) is 29.4 Å². The average molecular weight is 329 g/mol.